The fourth-order valence-electron chi connectivity index (χ4n) is 1.99. The monoisotopic (exact) mass is 242 g/mol. The van der Waals surface area contributed by atoms with Gasteiger partial charge in [-0.05, 0) is 22.4 Å². The second-order valence-corrected chi connectivity index (χ2v) is 3.75. The minimum absolute atomic E-state index is 0.226. The first kappa shape index (κ1) is 11.9. The maximum absolute atomic E-state index is 11.2. The Balaban J connectivity index is 3.00. The van der Waals surface area contributed by atoms with Crippen molar-refractivity contribution >= 4 is 28.8 Å². The van der Waals surface area contributed by atoms with Gasteiger partial charge in [-0.25, -0.2) is 9.59 Å². The molecule has 90 valence electrons. The molecule has 0 atom stereocenters. The molecule has 0 unspecified atom stereocenters. The topological polar surface area (TPSA) is 74.6 Å². The lowest BCUT2D eigenvalue weighted by atomic mass is 9.94. The van der Waals surface area contributed by atoms with Crippen molar-refractivity contribution in [1.82, 2.24) is 0 Å². The predicted octanol–water partition coefficient (Wildman–Crippen LogP) is 2.88. The summed E-state index contributed by atoms with van der Waals surface area (Å²) in [6.07, 6.45) is 1.37. The Morgan fingerprint density at radius 3 is 2.33 bits per heavy atom. The van der Waals surface area contributed by atoms with Crippen molar-refractivity contribution < 1.29 is 19.8 Å². The number of carbonyl (C=O) groups is 2. The highest BCUT2D eigenvalue weighted by Crippen LogP contribution is 2.27. The first-order chi connectivity index (χ1) is 8.56. The van der Waals surface area contributed by atoms with E-state index in [1.807, 2.05) is 0 Å². The molecule has 0 aliphatic heterocycles. The van der Waals surface area contributed by atoms with Crippen LogP contribution in [0.2, 0.25) is 0 Å². The minimum Gasteiger partial charge on any atom is -0.478 e. The van der Waals surface area contributed by atoms with Crippen molar-refractivity contribution in [3.8, 4) is 0 Å². The molecule has 0 saturated heterocycles. The van der Waals surface area contributed by atoms with Gasteiger partial charge in [0.2, 0.25) is 0 Å². The van der Waals surface area contributed by atoms with Crippen LogP contribution in [0.3, 0.4) is 0 Å². The molecule has 4 nitrogen and oxygen atoms in total. The van der Waals surface area contributed by atoms with Crippen molar-refractivity contribution in [2.75, 3.05) is 0 Å². The molecule has 0 aliphatic rings. The van der Waals surface area contributed by atoms with Crippen LogP contribution in [0.25, 0.3) is 16.8 Å². The van der Waals surface area contributed by atoms with Crippen molar-refractivity contribution in [1.29, 1.82) is 0 Å². The minimum atomic E-state index is -1.27. The van der Waals surface area contributed by atoms with E-state index in [9.17, 15) is 14.7 Å². The Hall–Kier alpha value is -2.62. The fourth-order valence-corrected chi connectivity index (χ4v) is 1.99. The molecular weight excluding hydrogens is 232 g/mol. The van der Waals surface area contributed by atoms with Gasteiger partial charge in [0.15, 0.2) is 0 Å². The zero-order valence-electron chi connectivity index (χ0n) is 9.38. The summed E-state index contributed by atoms with van der Waals surface area (Å²) in [5.41, 5.74) is -0.120. The number of hydrogen-bond donors (Lipinski definition) is 2. The third kappa shape index (κ3) is 1.73. The van der Waals surface area contributed by atoms with Crippen molar-refractivity contribution in [3.05, 3.63) is 53.6 Å². The van der Waals surface area contributed by atoms with Crippen LogP contribution in [-0.2, 0) is 0 Å². The molecule has 0 spiro atoms. The summed E-state index contributed by atoms with van der Waals surface area (Å²) < 4.78 is 0. The summed E-state index contributed by atoms with van der Waals surface area (Å²) in [4.78, 5) is 22.4. The van der Waals surface area contributed by atoms with E-state index in [0.29, 0.717) is 16.3 Å². The van der Waals surface area contributed by atoms with Gasteiger partial charge < -0.3 is 10.2 Å². The summed E-state index contributed by atoms with van der Waals surface area (Å²) >= 11 is 0. The molecule has 0 bridgehead atoms. The highest BCUT2D eigenvalue weighted by Gasteiger charge is 2.21. The molecule has 4 heteroatoms. The smallest absolute Gasteiger partial charge is 0.337 e. The maximum Gasteiger partial charge on any atom is 0.337 e. The van der Waals surface area contributed by atoms with Crippen LogP contribution in [0.5, 0.6) is 0 Å². The third-order valence-corrected chi connectivity index (χ3v) is 2.74. The molecular formula is C14H10O4. The first-order valence-corrected chi connectivity index (χ1v) is 5.21. The van der Waals surface area contributed by atoms with E-state index >= 15 is 0 Å². The van der Waals surface area contributed by atoms with Crippen molar-refractivity contribution in [2.45, 2.75) is 0 Å². The van der Waals surface area contributed by atoms with E-state index in [1.165, 1.54) is 12.1 Å². The molecule has 0 aromatic heterocycles. The predicted molar refractivity (Wildman–Crippen MR) is 68.0 cm³/mol. The lowest BCUT2D eigenvalue weighted by Crippen LogP contribution is -2.10. The van der Waals surface area contributed by atoms with Gasteiger partial charge in [0.1, 0.15) is 0 Å². The van der Waals surface area contributed by atoms with Crippen LogP contribution < -0.4 is 0 Å². The highest BCUT2D eigenvalue weighted by molar-refractivity contribution is 6.10. The average Bonchev–Trinajstić information content (AvgIpc) is 2.35. The van der Waals surface area contributed by atoms with Crippen molar-refractivity contribution in [2.24, 2.45) is 0 Å². The molecule has 0 radical (unpaired) electrons. The molecule has 0 fully saturated rings. The zero-order chi connectivity index (χ0) is 13.3. The second-order valence-electron chi connectivity index (χ2n) is 3.75. The Morgan fingerprint density at radius 1 is 1.11 bits per heavy atom. The number of aromatic carboxylic acids is 2. The molecule has 2 rings (SSSR count). The van der Waals surface area contributed by atoms with Crippen LogP contribution in [0.4, 0.5) is 0 Å². The van der Waals surface area contributed by atoms with Gasteiger partial charge in [-0.15, -0.1) is 0 Å². The summed E-state index contributed by atoms with van der Waals surface area (Å²) in [5.74, 6) is -2.53. The summed E-state index contributed by atoms with van der Waals surface area (Å²) in [6.45, 7) is 3.57. The standard InChI is InChI=1S/C14H10O4/c1-2-9-10-6-4-3-5-8(10)7-11(13(15)16)12(9)14(17)18/h2-7H,1H2,(H,15,16)(H,17,18). The largest absolute Gasteiger partial charge is 0.478 e. The van der Waals surface area contributed by atoms with Crippen LogP contribution in [0, 0.1) is 0 Å². The lowest BCUT2D eigenvalue weighted by Gasteiger charge is -2.10. The summed E-state index contributed by atoms with van der Waals surface area (Å²) in [6, 6.07) is 8.38. The van der Waals surface area contributed by atoms with Crippen LogP contribution in [-0.4, -0.2) is 22.2 Å². The maximum atomic E-state index is 11.2. The number of hydrogen-bond acceptors (Lipinski definition) is 2. The number of fused-ring (bicyclic) bond motifs is 1. The van der Waals surface area contributed by atoms with Gasteiger partial charge in [-0.2, -0.15) is 0 Å². The van der Waals surface area contributed by atoms with E-state index in [2.05, 4.69) is 6.58 Å². The molecule has 0 aliphatic carbocycles. The van der Waals surface area contributed by atoms with E-state index < -0.39 is 11.9 Å². The van der Waals surface area contributed by atoms with Gasteiger partial charge in [-0.3, -0.25) is 0 Å². The Kier molecular flexibility index (Phi) is 2.85. The fraction of sp³-hybridized carbons (Fsp3) is 0. The van der Waals surface area contributed by atoms with Crippen molar-refractivity contribution in [3.63, 3.8) is 0 Å². The average molecular weight is 242 g/mol. The normalized spacial score (nSPS) is 10.2. The summed E-state index contributed by atoms with van der Waals surface area (Å²) in [5, 5.41) is 19.6. The van der Waals surface area contributed by atoms with E-state index in [0.717, 1.165) is 0 Å². The number of carboxylic acid groups (broad SMARTS) is 2. The summed E-state index contributed by atoms with van der Waals surface area (Å²) in [7, 11) is 0. The Morgan fingerprint density at radius 2 is 1.78 bits per heavy atom. The van der Waals surface area contributed by atoms with Gasteiger partial charge in [-0.1, -0.05) is 36.9 Å². The molecule has 2 aromatic carbocycles. The van der Waals surface area contributed by atoms with Gasteiger partial charge in [0.25, 0.3) is 0 Å². The molecule has 18 heavy (non-hydrogen) atoms. The van der Waals surface area contributed by atoms with E-state index in [4.69, 9.17) is 5.11 Å². The van der Waals surface area contributed by atoms with E-state index in [1.54, 1.807) is 24.3 Å². The Bertz CT molecular complexity index is 671. The quantitative estimate of drug-likeness (QED) is 0.867. The lowest BCUT2D eigenvalue weighted by molar-refractivity contribution is 0.0651. The third-order valence-electron chi connectivity index (χ3n) is 2.74. The molecule has 2 aromatic rings. The number of rotatable bonds is 3. The first-order valence-electron chi connectivity index (χ1n) is 5.21. The Labute approximate surface area is 103 Å². The number of benzene rings is 2. The highest BCUT2D eigenvalue weighted by atomic mass is 16.4. The van der Waals surface area contributed by atoms with Gasteiger partial charge in [0, 0.05) is 0 Å². The second kappa shape index (κ2) is 4.33. The van der Waals surface area contributed by atoms with Crippen LogP contribution >= 0.6 is 0 Å². The molecule has 2 N–H and O–H groups in total. The van der Waals surface area contributed by atoms with Crippen LogP contribution in [0.1, 0.15) is 26.3 Å². The van der Waals surface area contributed by atoms with Gasteiger partial charge >= 0.3 is 11.9 Å². The van der Waals surface area contributed by atoms with Crippen LogP contribution in [0.15, 0.2) is 36.9 Å². The molecule has 0 heterocycles. The van der Waals surface area contributed by atoms with Gasteiger partial charge in [0.05, 0.1) is 11.1 Å². The van der Waals surface area contributed by atoms with E-state index in [-0.39, 0.29) is 11.1 Å². The zero-order valence-corrected chi connectivity index (χ0v) is 9.38. The number of carboxylic acids is 2. The molecule has 0 saturated carbocycles. The molecule has 0 amide bonds. The SMILES string of the molecule is C=Cc1c(C(=O)O)c(C(=O)O)cc2ccccc12.